The lowest BCUT2D eigenvalue weighted by Crippen LogP contribution is -2.52. The molecule has 1 aromatic carbocycles. The lowest BCUT2D eigenvalue weighted by molar-refractivity contribution is 0.371. The van der Waals surface area contributed by atoms with Gasteiger partial charge in [-0.05, 0) is 25.0 Å². The van der Waals surface area contributed by atoms with E-state index in [0.717, 1.165) is 57.3 Å². The van der Waals surface area contributed by atoms with Gasteiger partial charge in [0, 0.05) is 69.8 Å². The van der Waals surface area contributed by atoms with E-state index in [9.17, 15) is 0 Å². The Morgan fingerprint density at radius 2 is 1.93 bits per heavy atom. The quantitative estimate of drug-likeness (QED) is 0.598. The highest BCUT2D eigenvalue weighted by Crippen LogP contribution is 2.22. The minimum Gasteiger partial charge on any atom is -0.497 e. The Labute approximate surface area is 174 Å². The summed E-state index contributed by atoms with van der Waals surface area (Å²) < 4.78 is 7.38. The largest absolute Gasteiger partial charge is 0.497 e. The second-order valence-corrected chi connectivity index (χ2v) is 7.28. The highest BCUT2D eigenvalue weighted by Gasteiger charge is 2.21. The van der Waals surface area contributed by atoms with Crippen LogP contribution >= 0.6 is 0 Å². The maximum absolute atomic E-state index is 5.36. The fourth-order valence-electron chi connectivity index (χ4n) is 4.08. The molecule has 0 radical (unpaired) electrons. The van der Waals surface area contributed by atoms with Crippen molar-refractivity contribution in [1.29, 1.82) is 0 Å². The van der Waals surface area contributed by atoms with Crippen molar-refractivity contribution in [2.24, 2.45) is 12.0 Å². The number of aromatic nitrogens is 2. The molecule has 0 unspecified atom stereocenters. The smallest absolute Gasteiger partial charge is 0.194 e. The molecule has 0 saturated carbocycles. The fraction of sp³-hybridized carbons (Fsp3) is 0.545. The molecular weight excluding hydrogens is 364 g/mol. The molecule has 158 valence electrons. The molecule has 7 nitrogen and oxygen atoms in total. The van der Waals surface area contributed by atoms with E-state index in [1.807, 2.05) is 30.9 Å². The normalized spacial score (nSPS) is 15.0. The number of anilines is 1. The van der Waals surface area contributed by atoms with Gasteiger partial charge in [-0.15, -0.1) is 0 Å². The van der Waals surface area contributed by atoms with Gasteiger partial charge < -0.3 is 19.9 Å². The van der Waals surface area contributed by atoms with Gasteiger partial charge in [0.1, 0.15) is 5.75 Å². The molecule has 0 bridgehead atoms. The van der Waals surface area contributed by atoms with Gasteiger partial charge in [0.25, 0.3) is 0 Å². The van der Waals surface area contributed by atoms with Crippen LogP contribution in [-0.2, 0) is 26.4 Å². The number of benzene rings is 1. The number of rotatable bonds is 6. The highest BCUT2D eigenvalue weighted by molar-refractivity contribution is 5.80. The minimum atomic E-state index is 0.767. The van der Waals surface area contributed by atoms with Gasteiger partial charge in [-0.3, -0.25) is 9.67 Å². The third kappa shape index (κ3) is 4.66. The molecule has 1 aliphatic rings. The third-order valence-electron chi connectivity index (χ3n) is 5.66. The Morgan fingerprint density at radius 3 is 2.55 bits per heavy atom. The maximum atomic E-state index is 5.36. The number of aryl methyl sites for hydroxylation is 2. The van der Waals surface area contributed by atoms with Crippen LogP contribution in [0.25, 0.3) is 0 Å². The molecule has 1 N–H and O–H groups in total. The first kappa shape index (κ1) is 21.0. The Hall–Kier alpha value is -2.70. The van der Waals surface area contributed by atoms with Crippen molar-refractivity contribution in [2.75, 3.05) is 45.2 Å². The van der Waals surface area contributed by atoms with E-state index in [1.165, 1.54) is 22.6 Å². The van der Waals surface area contributed by atoms with Crippen molar-refractivity contribution in [3.63, 3.8) is 0 Å². The molecular formula is C22H34N6O. The molecule has 7 heteroatoms. The van der Waals surface area contributed by atoms with Crippen molar-refractivity contribution >= 4 is 11.6 Å². The number of hydrogen-bond donors (Lipinski definition) is 1. The number of methoxy groups -OCH3 is 1. The number of ether oxygens (including phenoxy) is 1. The Kier molecular flexibility index (Phi) is 7.01. The van der Waals surface area contributed by atoms with Crippen LogP contribution in [-0.4, -0.2) is 61.0 Å². The van der Waals surface area contributed by atoms with E-state index in [-0.39, 0.29) is 0 Å². The summed E-state index contributed by atoms with van der Waals surface area (Å²) in [4.78, 5) is 9.27. The first-order valence-corrected chi connectivity index (χ1v) is 10.5. The summed E-state index contributed by atoms with van der Waals surface area (Å²) in [6.07, 6.45) is 1.93. The van der Waals surface area contributed by atoms with Crippen molar-refractivity contribution in [3.8, 4) is 5.75 Å². The number of nitrogens with one attached hydrogen (secondary N) is 1. The maximum Gasteiger partial charge on any atom is 0.194 e. The summed E-state index contributed by atoms with van der Waals surface area (Å²) in [5.41, 5.74) is 5.00. The molecule has 1 fully saturated rings. The number of hydrogen-bond acceptors (Lipinski definition) is 4. The number of piperazine rings is 1. The Morgan fingerprint density at radius 1 is 1.17 bits per heavy atom. The van der Waals surface area contributed by atoms with E-state index in [1.54, 1.807) is 7.11 Å². The summed E-state index contributed by atoms with van der Waals surface area (Å²) in [5.74, 6) is 1.86. The molecule has 0 aliphatic carbocycles. The lowest BCUT2D eigenvalue weighted by atomic mass is 10.1. The molecule has 2 heterocycles. The molecule has 2 aromatic rings. The SMILES string of the molecule is CCc1nn(C)c(CC)c1CNC(=NC)N1CCN(c2cccc(OC)c2)CC1. The molecule has 0 atom stereocenters. The highest BCUT2D eigenvalue weighted by atomic mass is 16.5. The van der Waals surface area contributed by atoms with Crippen molar-refractivity contribution in [2.45, 2.75) is 33.2 Å². The fourth-order valence-corrected chi connectivity index (χ4v) is 4.08. The van der Waals surface area contributed by atoms with Gasteiger partial charge in [0.05, 0.1) is 12.8 Å². The summed E-state index contributed by atoms with van der Waals surface area (Å²) in [5, 5.41) is 8.26. The number of guanidine groups is 1. The first-order chi connectivity index (χ1) is 14.1. The van der Waals surface area contributed by atoms with E-state index < -0.39 is 0 Å². The molecule has 0 spiro atoms. The van der Waals surface area contributed by atoms with Crippen LogP contribution in [0.3, 0.4) is 0 Å². The molecule has 1 saturated heterocycles. The van der Waals surface area contributed by atoms with Crippen LogP contribution < -0.4 is 15.0 Å². The van der Waals surface area contributed by atoms with Crippen LogP contribution in [0.1, 0.15) is 30.8 Å². The van der Waals surface area contributed by atoms with Crippen LogP contribution in [0.5, 0.6) is 5.75 Å². The van der Waals surface area contributed by atoms with Crippen LogP contribution in [0.2, 0.25) is 0 Å². The van der Waals surface area contributed by atoms with Crippen LogP contribution in [0, 0.1) is 0 Å². The number of nitrogens with zero attached hydrogens (tertiary/aromatic N) is 5. The van der Waals surface area contributed by atoms with E-state index in [4.69, 9.17) is 4.74 Å². The van der Waals surface area contributed by atoms with Crippen molar-refractivity contribution in [1.82, 2.24) is 20.0 Å². The van der Waals surface area contributed by atoms with Gasteiger partial charge >= 0.3 is 0 Å². The van der Waals surface area contributed by atoms with Gasteiger partial charge in [-0.2, -0.15) is 5.10 Å². The second-order valence-electron chi connectivity index (χ2n) is 7.28. The molecule has 29 heavy (non-hydrogen) atoms. The van der Waals surface area contributed by atoms with Gasteiger partial charge in [-0.1, -0.05) is 19.9 Å². The van der Waals surface area contributed by atoms with Crippen LogP contribution in [0.4, 0.5) is 5.69 Å². The first-order valence-electron chi connectivity index (χ1n) is 10.5. The molecule has 1 aromatic heterocycles. The molecule has 3 rings (SSSR count). The minimum absolute atomic E-state index is 0.767. The Bertz CT molecular complexity index is 836. The van der Waals surface area contributed by atoms with E-state index in [0.29, 0.717) is 0 Å². The Balaban J connectivity index is 1.61. The van der Waals surface area contributed by atoms with E-state index >= 15 is 0 Å². The zero-order valence-corrected chi connectivity index (χ0v) is 18.4. The van der Waals surface area contributed by atoms with E-state index in [2.05, 4.69) is 51.2 Å². The van der Waals surface area contributed by atoms with Crippen molar-refractivity contribution in [3.05, 3.63) is 41.2 Å². The van der Waals surface area contributed by atoms with Gasteiger partial charge in [0.2, 0.25) is 0 Å². The second kappa shape index (κ2) is 9.67. The monoisotopic (exact) mass is 398 g/mol. The zero-order chi connectivity index (χ0) is 20.8. The number of aliphatic imine (C=N–C) groups is 1. The summed E-state index contributed by atoms with van der Waals surface area (Å²) in [7, 11) is 5.61. The summed E-state index contributed by atoms with van der Waals surface area (Å²) >= 11 is 0. The van der Waals surface area contributed by atoms with Gasteiger partial charge in [-0.25, -0.2) is 0 Å². The average molecular weight is 399 g/mol. The third-order valence-corrected chi connectivity index (χ3v) is 5.66. The molecule has 1 aliphatic heterocycles. The van der Waals surface area contributed by atoms with Gasteiger partial charge in [0.15, 0.2) is 5.96 Å². The summed E-state index contributed by atoms with van der Waals surface area (Å²) in [6.45, 7) is 8.91. The van der Waals surface area contributed by atoms with Crippen LogP contribution in [0.15, 0.2) is 29.3 Å². The summed E-state index contributed by atoms with van der Waals surface area (Å²) in [6, 6.07) is 8.28. The lowest BCUT2D eigenvalue weighted by Gasteiger charge is -2.37. The standard InChI is InChI=1S/C22H34N6O/c1-6-20-19(21(7-2)26(4)25-20)16-24-22(23-3)28-13-11-27(12-14-28)17-9-8-10-18(15-17)29-5/h8-10,15H,6-7,11-14,16H2,1-5H3,(H,23,24). The zero-order valence-electron chi connectivity index (χ0n) is 18.4. The molecule has 0 amide bonds. The predicted octanol–water partition coefficient (Wildman–Crippen LogP) is 2.45. The topological polar surface area (TPSA) is 57.9 Å². The van der Waals surface area contributed by atoms with Crippen molar-refractivity contribution < 1.29 is 4.74 Å². The average Bonchev–Trinajstić information content (AvgIpc) is 3.09. The predicted molar refractivity (Wildman–Crippen MR) is 119 cm³/mol.